The van der Waals surface area contributed by atoms with Crippen molar-refractivity contribution in [1.29, 1.82) is 0 Å². The van der Waals surface area contributed by atoms with Gasteiger partial charge in [-0.3, -0.25) is 14.5 Å². The van der Waals surface area contributed by atoms with Gasteiger partial charge in [0.05, 0.1) is 12.2 Å². The molecule has 3 rings (SSSR count). The fourth-order valence-electron chi connectivity index (χ4n) is 3.80. The molecular formula is C22H30N2O4. The Bertz CT molecular complexity index is 754. The molecule has 2 aliphatic heterocycles. The molecule has 0 aromatic heterocycles. The minimum atomic E-state index is -0.246. The van der Waals surface area contributed by atoms with E-state index in [9.17, 15) is 14.7 Å². The van der Waals surface area contributed by atoms with E-state index in [1.54, 1.807) is 0 Å². The second kappa shape index (κ2) is 8.78. The van der Waals surface area contributed by atoms with E-state index in [0.29, 0.717) is 36.9 Å². The van der Waals surface area contributed by atoms with Crippen molar-refractivity contribution in [1.82, 2.24) is 9.80 Å². The number of benzene rings is 1. The summed E-state index contributed by atoms with van der Waals surface area (Å²) in [6.45, 7) is 8.38. The molecule has 0 bridgehead atoms. The van der Waals surface area contributed by atoms with Crippen LogP contribution in [0.1, 0.15) is 39.2 Å². The number of likely N-dealkylation sites (N-methyl/N-ethyl adjacent to an activating group) is 1. The maximum absolute atomic E-state index is 13.0. The average molecular weight is 386 g/mol. The summed E-state index contributed by atoms with van der Waals surface area (Å²) in [6, 6.07) is 7.40. The van der Waals surface area contributed by atoms with Gasteiger partial charge in [-0.15, -0.1) is 0 Å². The van der Waals surface area contributed by atoms with Crippen molar-refractivity contribution >= 4 is 17.4 Å². The van der Waals surface area contributed by atoms with Crippen LogP contribution in [0.2, 0.25) is 0 Å². The third-order valence-corrected chi connectivity index (χ3v) is 5.28. The molecule has 28 heavy (non-hydrogen) atoms. The SMILES string of the molecule is CCN1C(=O)C(c2ccc(OCC(C)C)cc2)=C(N2CCCC(CO)C2)C1=O. The summed E-state index contributed by atoms with van der Waals surface area (Å²) in [7, 11) is 0. The van der Waals surface area contributed by atoms with Crippen LogP contribution in [-0.2, 0) is 9.59 Å². The van der Waals surface area contributed by atoms with Gasteiger partial charge in [0, 0.05) is 26.2 Å². The van der Waals surface area contributed by atoms with E-state index in [1.807, 2.05) is 36.1 Å². The topological polar surface area (TPSA) is 70.1 Å². The number of carbonyl (C=O) groups is 2. The van der Waals surface area contributed by atoms with Gasteiger partial charge >= 0.3 is 0 Å². The van der Waals surface area contributed by atoms with Crippen molar-refractivity contribution < 1.29 is 19.4 Å². The van der Waals surface area contributed by atoms with Gasteiger partial charge in [0.15, 0.2) is 0 Å². The molecule has 152 valence electrons. The molecule has 2 amide bonds. The highest BCUT2D eigenvalue weighted by molar-refractivity contribution is 6.35. The largest absolute Gasteiger partial charge is 0.493 e. The Labute approximate surface area is 166 Å². The Morgan fingerprint density at radius 3 is 2.50 bits per heavy atom. The summed E-state index contributed by atoms with van der Waals surface area (Å²) >= 11 is 0. The van der Waals surface area contributed by atoms with Crippen LogP contribution in [0.5, 0.6) is 5.75 Å². The van der Waals surface area contributed by atoms with Crippen molar-refractivity contribution in [3.8, 4) is 5.75 Å². The summed E-state index contributed by atoms with van der Waals surface area (Å²) in [5.74, 6) is 0.834. The van der Waals surface area contributed by atoms with E-state index in [4.69, 9.17) is 4.74 Å². The standard InChI is InChI=1S/C22H30N2O4/c1-4-24-21(26)19(17-7-9-18(10-8-17)28-14-15(2)3)20(22(24)27)23-11-5-6-16(12-23)13-25/h7-10,15-16,25H,4-6,11-14H2,1-3H3. The van der Waals surface area contributed by atoms with Gasteiger partial charge in [-0.25, -0.2) is 0 Å². The van der Waals surface area contributed by atoms with Crippen LogP contribution in [0.15, 0.2) is 30.0 Å². The first-order valence-electron chi connectivity index (χ1n) is 10.2. The van der Waals surface area contributed by atoms with E-state index in [2.05, 4.69) is 13.8 Å². The number of aliphatic hydroxyl groups is 1. The van der Waals surface area contributed by atoms with Crippen LogP contribution in [-0.4, -0.2) is 59.6 Å². The minimum Gasteiger partial charge on any atom is -0.493 e. The molecule has 0 saturated carbocycles. The zero-order valence-corrected chi connectivity index (χ0v) is 17.0. The molecule has 0 spiro atoms. The van der Waals surface area contributed by atoms with E-state index in [1.165, 1.54) is 4.90 Å². The number of amides is 2. The van der Waals surface area contributed by atoms with Crippen molar-refractivity contribution in [3.63, 3.8) is 0 Å². The predicted octanol–water partition coefficient (Wildman–Crippen LogP) is 2.53. The summed E-state index contributed by atoms with van der Waals surface area (Å²) in [5, 5.41) is 9.55. The first-order valence-corrected chi connectivity index (χ1v) is 10.2. The molecule has 6 heteroatoms. The highest BCUT2D eigenvalue weighted by Gasteiger charge is 2.41. The van der Waals surface area contributed by atoms with Crippen LogP contribution < -0.4 is 4.74 Å². The van der Waals surface area contributed by atoms with E-state index >= 15 is 0 Å². The summed E-state index contributed by atoms with van der Waals surface area (Å²) in [6.07, 6.45) is 1.84. The number of piperidine rings is 1. The van der Waals surface area contributed by atoms with E-state index < -0.39 is 0 Å². The zero-order valence-electron chi connectivity index (χ0n) is 17.0. The summed E-state index contributed by atoms with van der Waals surface area (Å²) < 4.78 is 5.73. The minimum absolute atomic E-state index is 0.0978. The lowest BCUT2D eigenvalue weighted by atomic mass is 9.97. The van der Waals surface area contributed by atoms with E-state index in [0.717, 1.165) is 30.7 Å². The Morgan fingerprint density at radius 2 is 1.89 bits per heavy atom. The third kappa shape index (κ3) is 4.07. The molecule has 2 heterocycles. The monoisotopic (exact) mass is 386 g/mol. The molecule has 1 saturated heterocycles. The first-order chi connectivity index (χ1) is 13.5. The number of hydrogen-bond donors (Lipinski definition) is 1. The maximum Gasteiger partial charge on any atom is 0.277 e. The number of likely N-dealkylation sites (tertiary alicyclic amines) is 1. The van der Waals surface area contributed by atoms with Gasteiger partial charge < -0.3 is 14.7 Å². The fourth-order valence-corrected chi connectivity index (χ4v) is 3.80. The number of hydrogen-bond acceptors (Lipinski definition) is 5. The number of ether oxygens (including phenoxy) is 1. The smallest absolute Gasteiger partial charge is 0.277 e. The Kier molecular flexibility index (Phi) is 6.39. The Balaban J connectivity index is 1.94. The Morgan fingerprint density at radius 1 is 1.18 bits per heavy atom. The summed E-state index contributed by atoms with van der Waals surface area (Å²) in [5.41, 5.74) is 1.66. The van der Waals surface area contributed by atoms with Crippen LogP contribution in [0, 0.1) is 11.8 Å². The average Bonchev–Trinajstić information content (AvgIpc) is 2.96. The highest BCUT2D eigenvalue weighted by Crippen LogP contribution is 2.34. The number of imide groups is 1. The molecule has 1 fully saturated rings. The van der Waals surface area contributed by atoms with Crippen molar-refractivity contribution in [3.05, 3.63) is 35.5 Å². The molecule has 1 unspecified atom stereocenters. The molecule has 1 N–H and O–H groups in total. The Hall–Kier alpha value is -2.34. The van der Waals surface area contributed by atoms with Crippen LogP contribution in [0.4, 0.5) is 0 Å². The first kappa shape index (κ1) is 20.4. The van der Waals surface area contributed by atoms with Gasteiger partial charge in [0.25, 0.3) is 11.8 Å². The van der Waals surface area contributed by atoms with Gasteiger partial charge in [-0.1, -0.05) is 26.0 Å². The van der Waals surface area contributed by atoms with Gasteiger partial charge in [-0.05, 0) is 49.3 Å². The van der Waals surface area contributed by atoms with Crippen molar-refractivity contribution in [2.75, 3.05) is 32.8 Å². The number of aliphatic hydroxyl groups excluding tert-OH is 1. The van der Waals surface area contributed by atoms with Gasteiger partial charge in [0.2, 0.25) is 0 Å². The molecule has 1 atom stereocenters. The van der Waals surface area contributed by atoms with E-state index in [-0.39, 0.29) is 24.3 Å². The van der Waals surface area contributed by atoms with Crippen molar-refractivity contribution in [2.24, 2.45) is 11.8 Å². The second-order valence-corrected chi connectivity index (χ2v) is 7.94. The number of rotatable bonds is 7. The maximum atomic E-state index is 13.0. The molecular weight excluding hydrogens is 356 g/mol. The van der Waals surface area contributed by atoms with Gasteiger partial charge in [-0.2, -0.15) is 0 Å². The van der Waals surface area contributed by atoms with Crippen LogP contribution in [0.25, 0.3) is 5.57 Å². The molecule has 0 radical (unpaired) electrons. The quantitative estimate of drug-likeness (QED) is 0.729. The van der Waals surface area contributed by atoms with Gasteiger partial charge in [0.1, 0.15) is 11.4 Å². The normalized spacial score (nSPS) is 20.5. The second-order valence-electron chi connectivity index (χ2n) is 7.94. The number of nitrogens with zero attached hydrogens (tertiary/aromatic N) is 2. The number of carbonyl (C=O) groups excluding carboxylic acids is 2. The highest BCUT2D eigenvalue weighted by atomic mass is 16.5. The van der Waals surface area contributed by atoms with Crippen LogP contribution in [0.3, 0.4) is 0 Å². The van der Waals surface area contributed by atoms with Crippen LogP contribution >= 0.6 is 0 Å². The predicted molar refractivity (Wildman–Crippen MR) is 107 cm³/mol. The lowest BCUT2D eigenvalue weighted by Gasteiger charge is -2.34. The molecule has 1 aromatic carbocycles. The molecule has 2 aliphatic rings. The van der Waals surface area contributed by atoms with Crippen molar-refractivity contribution in [2.45, 2.75) is 33.6 Å². The molecule has 0 aliphatic carbocycles. The molecule has 6 nitrogen and oxygen atoms in total. The third-order valence-electron chi connectivity index (χ3n) is 5.28. The fraction of sp³-hybridized carbons (Fsp3) is 0.545. The lowest BCUT2D eigenvalue weighted by molar-refractivity contribution is -0.137. The molecule has 1 aromatic rings. The zero-order chi connectivity index (χ0) is 20.3. The lowest BCUT2D eigenvalue weighted by Crippen LogP contribution is -2.40. The summed E-state index contributed by atoms with van der Waals surface area (Å²) in [4.78, 5) is 29.3.